The summed E-state index contributed by atoms with van der Waals surface area (Å²) in [5.74, 6) is 1.10. The van der Waals surface area contributed by atoms with Gasteiger partial charge in [0.15, 0.2) is 0 Å². The Morgan fingerprint density at radius 3 is 2.38 bits per heavy atom. The Labute approximate surface area is 50.6 Å². The maximum absolute atomic E-state index is 2.28. The van der Waals surface area contributed by atoms with Crippen LogP contribution in [0, 0.1) is 5.92 Å². The van der Waals surface area contributed by atoms with E-state index >= 15 is 0 Å². The highest BCUT2D eigenvalue weighted by Crippen LogP contribution is 2.48. The van der Waals surface area contributed by atoms with Crippen molar-refractivity contribution in [2.75, 3.05) is 0 Å². The largest absolute Gasteiger partial charge is 0.0710 e. The molecule has 44 valence electrons. The molecule has 0 saturated heterocycles. The Kier molecular flexibility index (Phi) is 0.787. The summed E-state index contributed by atoms with van der Waals surface area (Å²) in [5.41, 5.74) is 3.59. The van der Waals surface area contributed by atoms with Crippen molar-refractivity contribution in [1.82, 2.24) is 0 Å². The standard InChI is InChI=1S/C8H12/c1-2-7-3-6-4-8(7)5-6/h6H,2-5H2,1H3. The highest BCUT2D eigenvalue weighted by Gasteiger charge is 2.32. The number of hydrogen-bond acceptors (Lipinski definition) is 0. The first-order valence-electron chi connectivity index (χ1n) is 3.60. The second-order valence-corrected chi connectivity index (χ2v) is 3.04. The summed E-state index contributed by atoms with van der Waals surface area (Å²) < 4.78 is 0. The minimum atomic E-state index is 1.10. The molecule has 3 aliphatic carbocycles. The molecule has 0 aromatic rings. The van der Waals surface area contributed by atoms with Crippen molar-refractivity contribution in [1.29, 1.82) is 0 Å². The molecule has 1 saturated carbocycles. The zero-order valence-corrected chi connectivity index (χ0v) is 5.41. The first kappa shape index (κ1) is 4.60. The molecule has 3 aliphatic rings. The molecule has 0 spiro atoms. The van der Waals surface area contributed by atoms with Gasteiger partial charge in [-0.25, -0.2) is 0 Å². The Morgan fingerprint density at radius 1 is 1.38 bits per heavy atom. The van der Waals surface area contributed by atoms with Gasteiger partial charge in [0, 0.05) is 0 Å². The topological polar surface area (TPSA) is 0 Å². The van der Waals surface area contributed by atoms with Crippen LogP contribution < -0.4 is 0 Å². The Balaban J connectivity index is 2.21. The molecular formula is C8H12. The molecule has 0 heteroatoms. The Hall–Kier alpha value is -0.260. The smallest absolute Gasteiger partial charge is 0.0283 e. The van der Waals surface area contributed by atoms with Crippen LogP contribution in [0.3, 0.4) is 0 Å². The molecule has 0 unspecified atom stereocenters. The fourth-order valence-corrected chi connectivity index (χ4v) is 1.96. The van der Waals surface area contributed by atoms with Crippen LogP contribution in [0.5, 0.6) is 0 Å². The third kappa shape index (κ3) is 0.410. The SMILES string of the molecule is CCC1=C2CC(C1)C2. The number of rotatable bonds is 1. The highest BCUT2D eigenvalue weighted by molar-refractivity contribution is 5.30. The third-order valence-electron chi connectivity index (χ3n) is 2.53. The van der Waals surface area contributed by atoms with Crippen molar-refractivity contribution < 1.29 is 0 Å². The maximum atomic E-state index is 2.28. The molecule has 0 heterocycles. The minimum Gasteiger partial charge on any atom is -0.0710 e. The summed E-state index contributed by atoms with van der Waals surface area (Å²) in [6, 6.07) is 0. The fraction of sp³-hybridized carbons (Fsp3) is 0.750. The fourth-order valence-electron chi connectivity index (χ4n) is 1.96. The van der Waals surface area contributed by atoms with Crippen LogP contribution in [0.4, 0.5) is 0 Å². The average Bonchev–Trinajstić information content (AvgIpc) is 2.15. The monoisotopic (exact) mass is 108 g/mol. The molecule has 0 aromatic carbocycles. The van der Waals surface area contributed by atoms with E-state index in [-0.39, 0.29) is 0 Å². The predicted molar refractivity (Wildman–Crippen MR) is 34.7 cm³/mol. The van der Waals surface area contributed by atoms with Crippen LogP contribution >= 0.6 is 0 Å². The lowest BCUT2D eigenvalue weighted by Crippen LogP contribution is -2.04. The van der Waals surface area contributed by atoms with Gasteiger partial charge in [0.25, 0.3) is 0 Å². The average molecular weight is 108 g/mol. The molecular weight excluding hydrogens is 96.1 g/mol. The van der Waals surface area contributed by atoms with Crippen molar-refractivity contribution in [3.05, 3.63) is 11.1 Å². The van der Waals surface area contributed by atoms with Crippen LogP contribution in [0.15, 0.2) is 11.1 Å². The van der Waals surface area contributed by atoms with E-state index in [1.807, 2.05) is 0 Å². The maximum Gasteiger partial charge on any atom is -0.0283 e. The van der Waals surface area contributed by atoms with E-state index < -0.39 is 0 Å². The van der Waals surface area contributed by atoms with Gasteiger partial charge in [-0.15, -0.1) is 0 Å². The Bertz CT molecular complexity index is 134. The summed E-state index contributed by atoms with van der Waals surface area (Å²) in [4.78, 5) is 0. The van der Waals surface area contributed by atoms with E-state index in [9.17, 15) is 0 Å². The van der Waals surface area contributed by atoms with Gasteiger partial charge in [-0.3, -0.25) is 0 Å². The van der Waals surface area contributed by atoms with E-state index in [1.165, 1.54) is 25.7 Å². The van der Waals surface area contributed by atoms with E-state index in [0.29, 0.717) is 0 Å². The van der Waals surface area contributed by atoms with E-state index in [4.69, 9.17) is 0 Å². The van der Waals surface area contributed by atoms with Crippen molar-refractivity contribution in [3.63, 3.8) is 0 Å². The second-order valence-electron chi connectivity index (χ2n) is 3.04. The van der Waals surface area contributed by atoms with Gasteiger partial charge in [-0.2, -0.15) is 0 Å². The molecule has 2 bridgehead atoms. The molecule has 0 aliphatic heterocycles. The van der Waals surface area contributed by atoms with Crippen LogP contribution in [-0.4, -0.2) is 0 Å². The van der Waals surface area contributed by atoms with Crippen LogP contribution in [-0.2, 0) is 0 Å². The van der Waals surface area contributed by atoms with E-state index in [1.54, 1.807) is 11.1 Å². The molecule has 0 atom stereocenters. The molecule has 0 radical (unpaired) electrons. The normalized spacial score (nSPS) is 26.6. The zero-order valence-electron chi connectivity index (χ0n) is 5.41. The van der Waals surface area contributed by atoms with Crippen LogP contribution in [0.25, 0.3) is 0 Å². The lowest BCUT2D eigenvalue weighted by atomic mass is 9.87. The Morgan fingerprint density at radius 2 is 2.12 bits per heavy atom. The molecule has 0 aromatic heterocycles. The second kappa shape index (κ2) is 1.37. The highest BCUT2D eigenvalue weighted by atomic mass is 14.4. The van der Waals surface area contributed by atoms with Gasteiger partial charge in [0.05, 0.1) is 0 Å². The van der Waals surface area contributed by atoms with Gasteiger partial charge in [0.1, 0.15) is 0 Å². The molecule has 8 heavy (non-hydrogen) atoms. The molecule has 0 nitrogen and oxygen atoms in total. The van der Waals surface area contributed by atoms with Crippen molar-refractivity contribution in [3.8, 4) is 0 Å². The van der Waals surface area contributed by atoms with Gasteiger partial charge < -0.3 is 0 Å². The lowest BCUT2D eigenvalue weighted by Gasteiger charge is -2.18. The van der Waals surface area contributed by atoms with Crippen molar-refractivity contribution in [2.45, 2.75) is 32.6 Å². The third-order valence-corrected chi connectivity index (χ3v) is 2.53. The summed E-state index contributed by atoms with van der Waals surface area (Å²) in [5, 5.41) is 0. The van der Waals surface area contributed by atoms with Gasteiger partial charge in [0.2, 0.25) is 0 Å². The van der Waals surface area contributed by atoms with Crippen molar-refractivity contribution >= 4 is 0 Å². The molecule has 1 fully saturated rings. The number of allylic oxidation sites excluding steroid dienone is 2. The lowest BCUT2D eigenvalue weighted by molar-refractivity contribution is 0.472. The number of fused-ring (bicyclic) bond motifs is 1. The zero-order chi connectivity index (χ0) is 5.56. The summed E-state index contributed by atoms with van der Waals surface area (Å²) >= 11 is 0. The predicted octanol–water partition coefficient (Wildman–Crippen LogP) is 2.51. The molecule has 0 N–H and O–H groups in total. The minimum absolute atomic E-state index is 1.10. The summed E-state index contributed by atoms with van der Waals surface area (Å²) in [6.45, 7) is 2.28. The number of hydrogen-bond donors (Lipinski definition) is 0. The van der Waals surface area contributed by atoms with Crippen molar-refractivity contribution in [2.24, 2.45) is 5.92 Å². The quantitative estimate of drug-likeness (QED) is 0.453. The molecule has 0 amide bonds. The van der Waals surface area contributed by atoms with Gasteiger partial charge >= 0.3 is 0 Å². The van der Waals surface area contributed by atoms with E-state index in [0.717, 1.165) is 5.92 Å². The van der Waals surface area contributed by atoms with Gasteiger partial charge in [-0.05, 0) is 31.6 Å². The van der Waals surface area contributed by atoms with Crippen LogP contribution in [0.1, 0.15) is 32.6 Å². The first-order chi connectivity index (χ1) is 3.90. The first-order valence-corrected chi connectivity index (χ1v) is 3.60. The van der Waals surface area contributed by atoms with E-state index in [2.05, 4.69) is 6.92 Å². The van der Waals surface area contributed by atoms with Crippen LogP contribution in [0.2, 0.25) is 0 Å². The summed E-state index contributed by atoms with van der Waals surface area (Å²) in [7, 11) is 0. The van der Waals surface area contributed by atoms with Gasteiger partial charge in [-0.1, -0.05) is 18.1 Å². The molecule has 3 rings (SSSR count). The summed E-state index contributed by atoms with van der Waals surface area (Å²) in [6.07, 6.45) is 5.70.